The van der Waals surface area contributed by atoms with E-state index in [0.29, 0.717) is 5.02 Å². The fourth-order valence-corrected chi connectivity index (χ4v) is 2.20. The molecule has 1 atom stereocenters. The van der Waals surface area contributed by atoms with Gasteiger partial charge in [-0.3, -0.25) is 0 Å². The van der Waals surface area contributed by atoms with Crippen molar-refractivity contribution in [1.82, 2.24) is 0 Å². The van der Waals surface area contributed by atoms with Gasteiger partial charge >= 0.3 is 0 Å². The maximum absolute atomic E-state index is 13.1. The van der Waals surface area contributed by atoms with Crippen LogP contribution in [0.2, 0.25) is 5.02 Å². The van der Waals surface area contributed by atoms with Crippen molar-refractivity contribution in [2.24, 2.45) is 0 Å². The average molecular weight is 300 g/mol. The highest BCUT2D eigenvalue weighted by molar-refractivity contribution is 9.09. The molecular formula is C13H9BrClF. The molecule has 0 radical (unpaired) electrons. The molecule has 16 heavy (non-hydrogen) atoms. The lowest BCUT2D eigenvalue weighted by atomic mass is 10.1. The van der Waals surface area contributed by atoms with Gasteiger partial charge in [0, 0.05) is 5.02 Å². The molecule has 0 aliphatic rings. The molecule has 3 heteroatoms. The van der Waals surface area contributed by atoms with E-state index in [-0.39, 0.29) is 10.6 Å². The van der Waals surface area contributed by atoms with Gasteiger partial charge in [-0.1, -0.05) is 51.8 Å². The van der Waals surface area contributed by atoms with Crippen molar-refractivity contribution in [1.29, 1.82) is 0 Å². The van der Waals surface area contributed by atoms with Crippen LogP contribution in [0.4, 0.5) is 4.39 Å². The summed E-state index contributed by atoms with van der Waals surface area (Å²) in [6.07, 6.45) is 0. The summed E-state index contributed by atoms with van der Waals surface area (Å²) < 4.78 is 13.1. The lowest BCUT2D eigenvalue weighted by molar-refractivity contribution is 0.626. The molecule has 1 unspecified atom stereocenters. The summed E-state index contributed by atoms with van der Waals surface area (Å²) in [6, 6.07) is 14.0. The van der Waals surface area contributed by atoms with Gasteiger partial charge in [-0.2, -0.15) is 0 Å². The zero-order valence-electron chi connectivity index (χ0n) is 8.33. The molecule has 0 spiro atoms. The molecule has 0 aliphatic carbocycles. The predicted molar refractivity (Wildman–Crippen MR) is 68.6 cm³/mol. The number of benzene rings is 2. The zero-order valence-corrected chi connectivity index (χ0v) is 10.7. The van der Waals surface area contributed by atoms with Crippen LogP contribution in [0.5, 0.6) is 0 Å². The highest BCUT2D eigenvalue weighted by atomic mass is 79.9. The molecule has 0 heterocycles. The van der Waals surface area contributed by atoms with Crippen molar-refractivity contribution >= 4 is 27.5 Å². The normalized spacial score (nSPS) is 12.4. The SMILES string of the molecule is Fc1cccc(C(Br)c2ccc(Cl)cc2)c1. The standard InChI is InChI=1S/C13H9BrClF/c14-13(9-4-6-11(15)7-5-9)10-2-1-3-12(16)8-10/h1-8,13H. The van der Waals surface area contributed by atoms with E-state index < -0.39 is 0 Å². The molecule has 0 saturated heterocycles. The van der Waals surface area contributed by atoms with E-state index >= 15 is 0 Å². The van der Waals surface area contributed by atoms with Crippen LogP contribution in [-0.2, 0) is 0 Å². The molecule has 0 fully saturated rings. The molecule has 2 rings (SSSR count). The lowest BCUT2D eigenvalue weighted by Crippen LogP contribution is -1.92. The van der Waals surface area contributed by atoms with Gasteiger partial charge in [-0.15, -0.1) is 0 Å². The first kappa shape index (κ1) is 11.6. The fourth-order valence-electron chi connectivity index (χ4n) is 1.49. The van der Waals surface area contributed by atoms with E-state index in [1.165, 1.54) is 12.1 Å². The summed E-state index contributed by atoms with van der Waals surface area (Å²) >= 11 is 9.36. The van der Waals surface area contributed by atoms with Crippen LogP contribution in [0, 0.1) is 5.82 Å². The van der Waals surface area contributed by atoms with E-state index in [9.17, 15) is 4.39 Å². The van der Waals surface area contributed by atoms with Gasteiger partial charge in [0.25, 0.3) is 0 Å². The van der Waals surface area contributed by atoms with Crippen LogP contribution < -0.4 is 0 Å². The Morgan fingerprint density at radius 2 is 1.69 bits per heavy atom. The van der Waals surface area contributed by atoms with Crippen LogP contribution in [-0.4, -0.2) is 0 Å². The second-order valence-electron chi connectivity index (χ2n) is 3.47. The maximum atomic E-state index is 13.1. The minimum absolute atomic E-state index is 0.0135. The van der Waals surface area contributed by atoms with Crippen molar-refractivity contribution in [2.45, 2.75) is 4.83 Å². The summed E-state index contributed by atoms with van der Waals surface area (Å²) in [7, 11) is 0. The van der Waals surface area contributed by atoms with Crippen LogP contribution >= 0.6 is 27.5 Å². The van der Waals surface area contributed by atoms with Crippen LogP contribution in [0.15, 0.2) is 48.5 Å². The monoisotopic (exact) mass is 298 g/mol. The number of halogens is 3. The molecule has 0 aliphatic heterocycles. The topological polar surface area (TPSA) is 0 Å². The number of rotatable bonds is 2. The molecule has 0 nitrogen and oxygen atoms in total. The van der Waals surface area contributed by atoms with E-state index in [1.807, 2.05) is 30.3 Å². The van der Waals surface area contributed by atoms with Crippen LogP contribution in [0.25, 0.3) is 0 Å². The smallest absolute Gasteiger partial charge is 0.123 e. The van der Waals surface area contributed by atoms with Gasteiger partial charge in [-0.25, -0.2) is 4.39 Å². The molecule has 0 saturated carbocycles. The zero-order chi connectivity index (χ0) is 11.5. The molecule has 2 aromatic carbocycles. The van der Waals surface area contributed by atoms with E-state index in [2.05, 4.69) is 15.9 Å². The molecule has 0 bridgehead atoms. The minimum atomic E-state index is -0.226. The Balaban J connectivity index is 2.31. The third-order valence-electron chi connectivity index (χ3n) is 2.30. The van der Waals surface area contributed by atoms with Gasteiger partial charge in [0.05, 0.1) is 4.83 Å². The Hall–Kier alpha value is -0.860. The second-order valence-corrected chi connectivity index (χ2v) is 4.82. The highest BCUT2D eigenvalue weighted by Gasteiger charge is 2.10. The molecule has 0 aromatic heterocycles. The fraction of sp³-hybridized carbons (Fsp3) is 0.0769. The number of hydrogen-bond donors (Lipinski definition) is 0. The summed E-state index contributed by atoms with van der Waals surface area (Å²) in [5.41, 5.74) is 1.94. The van der Waals surface area contributed by atoms with Gasteiger partial charge < -0.3 is 0 Å². The Morgan fingerprint density at radius 1 is 1.00 bits per heavy atom. The van der Waals surface area contributed by atoms with E-state index in [0.717, 1.165) is 11.1 Å². The second kappa shape index (κ2) is 4.98. The molecular weight excluding hydrogens is 290 g/mol. The third kappa shape index (κ3) is 2.63. The third-order valence-corrected chi connectivity index (χ3v) is 3.61. The Morgan fingerprint density at radius 3 is 2.31 bits per heavy atom. The van der Waals surface area contributed by atoms with Gasteiger partial charge in [0.15, 0.2) is 0 Å². The first-order chi connectivity index (χ1) is 7.66. The number of hydrogen-bond acceptors (Lipinski definition) is 0. The highest BCUT2D eigenvalue weighted by Crippen LogP contribution is 2.31. The lowest BCUT2D eigenvalue weighted by Gasteiger charge is -2.10. The average Bonchev–Trinajstić information content (AvgIpc) is 2.29. The van der Waals surface area contributed by atoms with Crippen LogP contribution in [0.3, 0.4) is 0 Å². The van der Waals surface area contributed by atoms with Gasteiger partial charge in [0.1, 0.15) is 5.82 Å². The minimum Gasteiger partial charge on any atom is -0.207 e. The van der Waals surface area contributed by atoms with Gasteiger partial charge in [0.2, 0.25) is 0 Å². The summed E-state index contributed by atoms with van der Waals surface area (Å²) in [6.45, 7) is 0. The molecule has 0 amide bonds. The van der Waals surface area contributed by atoms with Crippen molar-refractivity contribution in [2.75, 3.05) is 0 Å². The van der Waals surface area contributed by atoms with Gasteiger partial charge in [-0.05, 0) is 35.4 Å². The predicted octanol–water partition coefficient (Wildman–Crippen LogP) is 4.96. The maximum Gasteiger partial charge on any atom is 0.123 e. The van der Waals surface area contributed by atoms with Crippen molar-refractivity contribution in [3.8, 4) is 0 Å². The summed E-state index contributed by atoms with van der Waals surface area (Å²) in [5, 5.41) is 0.697. The Labute approximate surface area is 107 Å². The summed E-state index contributed by atoms with van der Waals surface area (Å²) in [5.74, 6) is -0.226. The van der Waals surface area contributed by atoms with E-state index in [1.54, 1.807) is 6.07 Å². The van der Waals surface area contributed by atoms with E-state index in [4.69, 9.17) is 11.6 Å². The van der Waals surface area contributed by atoms with Crippen LogP contribution in [0.1, 0.15) is 16.0 Å². The Kier molecular flexibility index (Phi) is 3.62. The summed E-state index contributed by atoms with van der Waals surface area (Å²) in [4.78, 5) is -0.0135. The quantitative estimate of drug-likeness (QED) is 0.687. The van der Waals surface area contributed by atoms with Crippen molar-refractivity contribution in [3.05, 3.63) is 70.5 Å². The van der Waals surface area contributed by atoms with Crippen molar-refractivity contribution < 1.29 is 4.39 Å². The first-order valence-electron chi connectivity index (χ1n) is 4.82. The first-order valence-corrected chi connectivity index (χ1v) is 6.11. The molecule has 2 aromatic rings. The molecule has 82 valence electrons. The number of alkyl halides is 1. The van der Waals surface area contributed by atoms with Crippen molar-refractivity contribution in [3.63, 3.8) is 0 Å². The largest absolute Gasteiger partial charge is 0.207 e. The molecule has 0 N–H and O–H groups in total. The Bertz CT molecular complexity index is 482.